The SMILES string of the molecule is CC(C=O)(Cc1cccnc1)c1ccccc1F. The molecule has 0 spiro atoms. The Bertz CT molecular complexity index is 541. The fraction of sp³-hybridized carbons (Fsp3) is 0.200. The number of hydrogen-bond acceptors (Lipinski definition) is 2. The third-order valence-electron chi connectivity index (χ3n) is 3.04. The molecule has 2 nitrogen and oxygen atoms in total. The van der Waals surface area contributed by atoms with E-state index in [-0.39, 0.29) is 5.82 Å². The number of nitrogens with zero attached hydrogens (tertiary/aromatic N) is 1. The topological polar surface area (TPSA) is 30.0 Å². The summed E-state index contributed by atoms with van der Waals surface area (Å²) in [7, 11) is 0. The van der Waals surface area contributed by atoms with Crippen LogP contribution in [0, 0.1) is 5.82 Å². The van der Waals surface area contributed by atoms with Gasteiger partial charge in [-0.05, 0) is 31.0 Å². The summed E-state index contributed by atoms with van der Waals surface area (Å²) in [4.78, 5) is 15.4. The molecule has 0 saturated carbocycles. The van der Waals surface area contributed by atoms with Crippen LogP contribution < -0.4 is 0 Å². The normalized spacial score (nSPS) is 13.9. The third-order valence-corrected chi connectivity index (χ3v) is 3.04. The first-order valence-electron chi connectivity index (χ1n) is 5.76. The van der Waals surface area contributed by atoms with Crippen molar-refractivity contribution in [2.45, 2.75) is 18.8 Å². The summed E-state index contributed by atoms with van der Waals surface area (Å²) in [6, 6.07) is 10.1. The van der Waals surface area contributed by atoms with E-state index >= 15 is 0 Å². The molecule has 1 heterocycles. The predicted molar refractivity (Wildman–Crippen MR) is 67.8 cm³/mol. The van der Waals surface area contributed by atoms with Gasteiger partial charge in [0.05, 0.1) is 5.41 Å². The molecule has 0 aliphatic carbocycles. The second-order valence-corrected chi connectivity index (χ2v) is 4.55. The summed E-state index contributed by atoms with van der Waals surface area (Å²) in [5, 5.41) is 0. The van der Waals surface area contributed by atoms with Crippen LogP contribution in [0.4, 0.5) is 4.39 Å². The largest absolute Gasteiger partial charge is 0.302 e. The monoisotopic (exact) mass is 243 g/mol. The van der Waals surface area contributed by atoms with Crippen molar-refractivity contribution < 1.29 is 9.18 Å². The molecule has 0 bridgehead atoms. The van der Waals surface area contributed by atoms with Crippen LogP contribution in [0.2, 0.25) is 0 Å². The molecule has 1 atom stereocenters. The summed E-state index contributed by atoms with van der Waals surface area (Å²) in [6.07, 6.45) is 4.61. The van der Waals surface area contributed by atoms with Gasteiger partial charge in [-0.1, -0.05) is 24.3 Å². The lowest BCUT2D eigenvalue weighted by Crippen LogP contribution is -2.28. The van der Waals surface area contributed by atoms with Crippen LogP contribution >= 0.6 is 0 Å². The molecular weight excluding hydrogens is 229 g/mol. The molecule has 92 valence electrons. The van der Waals surface area contributed by atoms with E-state index in [2.05, 4.69) is 4.98 Å². The Morgan fingerprint density at radius 2 is 2.06 bits per heavy atom. The zero-order valence-electron chi connectivity index (χ0n) is 10.1. The number of carbonyl (C=O) groups is 1. The number of aldehydes is 1. The van der Waals surface area contributed by atoms with E-state index in [1.165, 1.54) is 6.07 Å². The second-order valence-electron chi connectivity index (χ2n) is 4.55. The smallest absolute Gasteiger partial charge is 0.130 e. The van der Waals surface area contributed by atoms with Crippen LogP contribution in [-0.2, 0) is 16.6 Å². The van der Waals surface area contributed by atoms with Crippen molar-refractivity contribution in [3.8, 4) is 0 Å². The Kier molecular flexibility index (Phi) is 3.51. The lowest BCUT2D eigenvalue weighted by Gasteiger charge is -2.24. The first kappa shape index (κ1) is 12.4. The zero-order valence-corrected chi connectivity index (χ0v) is 10.1. The van der Waals surface area contributed by atoms with Crippen molar-refractivity contribution >= 4 is 6.29 Å². The Hall–Kier alpha value is -2.03. The van der Waals surface area contributed by atoms with Gasteiger partial charge in [0.25, 0.3) is 0 Å². The van der Waals surface area contributed by atoms with Crippen molar-refractivity contribution in [1.82, 2.24) is 4.98 Å². The summed E-state index contributed by atoms with van der Waals surface area (Å²) >= 11 is 0. The molecule has 0 N–H and O–H groups in total. The van der Waals surface area contributed by atoms with Gasteiger partial charge in [-0.3, -0.25) is 4.98 Å². The van der Waals surface area contributed by atoms with Gasteiger partial charge in [-0.15, -0.1) is 0 Å². The maximum Gasteiger partial charge on any atom is 0.130 e. The lowest BCUT2D eigenvalue weighted by atomic mass is 9.78. The zero-order chi connectivity index (χ0) is 13.0. The molecule has 0 radical (unpaired) electrons. The van der Waals surface area contributed by atoms with Crippen molar-refractivity contribution in [2.24, 2.45) is 0 Å². The number of benzene rings is 1. The predicted octanol–water partition coefficient (Wildman–Crippen LogP) is 2.92. The van der Waals surface area contributed by atoms with E-state index in [0.29, 0.717) is 12.0 Å². The fourth-order valence-corrected chi connectivity index (χ4v) is 2.05. The van der Waals surface area contributed by atoms with Gasteiger partial charge in [-0.2, -0.15) is 0 Å². The number of pyridine rings is 1. The minimum atomic E-state index is -0.867. The summed E-state index contributed by atoms with van der Waals surface area (Å²) in [5.41, 5.74) is 0.466. The highest BCUT2D eigenvalue weighted by atomic mass is 19.1. The highest BCUT2D eigenvalue weighted by Crippen LogP contribution is 2.28. The van der Waals surface area contributed by atoms with Crippen LogP contribution in [0.25, 0.3) is 0 Å². The van der Waals surface area contributed by atoms with Gasteiger partial charge in [-0.25, -0.2) is 4.39 Å². The number of halogens is 1. The average molecular weight is 243 g/mol. The molecule has 0 aliphatic rings. The molecule has 1 aromatic heterocycles. The Balaban J connectivity index is 2.37. The van der Waals surface area contributed by atoms with E-state index in [9.17, 15) is 9.18 Å². The third kappa shape index (κ3) is 2.45. The Morgan fingerprint density at radius 3 is 2.67 bits per heavy atom. The lowest BCUT2D eigenvalue weighted by molar-refractivity contribution is -0.112. The highest BCUT2D eigenvalue weighted by Gasteiger charge is 2.29. The van der Waals surface area contributed by atoms with Crippen molar-refractivity contribution in [2.75, 3.05) is 0 Å². The van der Waals surface area contributed by atoms with Gasteiger partial charge in [0, 0.05) is 18.0 Å². The van der Waals surface area contributed by atoms with E-state index in [0.717, 1.165) is 11.8 Å². The maximum absolute atomic E-state index is 13.8. The second kappa shape index (κ2) is 5.08. The number of rotatable bonds is 4. The molecule has 0 saturated heterocycles. The van der Waals surface area contributed by atoms with E-state index in [4.69, 9.17) is 0 Å². The molecule has 3 heteroatoms. The highest BCUT2D eigenvalue weighted by molar-refractivity contribution is 5.68. The van der Waals surface area contributed by atoms with Crippen molar-refractivity contribution in [1.29, 1.82) is 0 Å². The summed E-state index contributed by atoms with van der Waals surface area (Å²) in [5.74, 6) is -0.351. The Labute approximate surface area is 105 Å². The van der Waals surface area contributed by atoms with Crippen LogP contribution in [-0.4, -0.2) is 11.3 Å². The van der Waals surface area contributed by atoms with Gasteiger partial charge in [0.15, 0.2) is 0 Å². The maximum atomic E-state index is 13.8. The minimum absolute atomic E-state index is 0.351. The van der Waals surface area contributed by atoms with Gasteiger partial charge < -0.3 is 4.79 Å². The molecule has 0 amide bonds. The molecule has 0 aliphatic heterocycles. The molecule has 0 fully saturated rings. The molecule has 2 aromatic rings. The summed E-state index contributed by atoms with van der Waals surface area (Å²) in [6.45, 7) is 1.74. The number of hydrogen-bond donors (Lipinski definition) is 0. The molecule has 2 rings (SSSR count). The van der Waals surface area contributed by atoms with E-state index < -0.39 is 5.41 Å². The minimum Gasteiger partial charge on any atom is -0.302 e. The van der Waals surface area contributed by atoms with E-state index in [1.807, 2.05) is 12.1 Å². The van der Waals surface area contributed by atoms with Gasteiger partial charge in [0.2, 0.25) is 0 Å². The van der Waals surface area contributed by atoms with Crippen LogP contribution in [0.3, 0.4) is 0 Å². The van der Waals surface area contributed by atoms with Crippen molar-refractivity contribution in [3.63, 3.8) is 0 Å². The first-order chi connectivity index (χ1) is 8.65. The van der Waals surface area contributed by atoms with Gasteiger partial charge >= 0.3 is 0 Å². The van der Waals surface area contributed by atoms with Crippen LogP contribution in [0.5, 0.6) is 0 Å². The number of carbonyl (C=O) groups excluding carboxylic acids is 1. The molecule has 18 heavy (non-hydrogen) atoms. The van der Waals surface area contributed by atoms with E-state index in [1.54, 1.807) is 37.5 Å². The standard InChI is InChI=1S/C15H14FNO/c1-15(11-18,9-12-5-4-8-17-10-12)13-6-2-3-7-14(13)16/h2-8,10-11H,9H2,1H3. The number of aromatic nitrogens is 1. The molecule has 1 unspecified atom stereocenters. The Morgan fingerprint density at radius 1 is 1.28 bits per heavy atom. The fourth-order valence-electron chi connectivity index (χ4n) is 2.05. The van der Waals surface area contributed by atoms with Gasteiger partial charge in [0.1, 0.15) is 12.1 Å². The quantitative estimate of drug-likeness (QED) is 0.773. The van der Waals surface area contributed by atoms with Crippen LogP contribution in [0.1, 0.15) is 18.1 Å². The summed E-state index contributed by atoms with van der Waals surface area (Å²) < 4.78 is 13.8. The first-order valence-corrected chi connectivity index (χ1v) is 5.76. The average Bonchev–Trinajstić information content (AvgIpc) is 2.40. The van der Waals surface area contributed by atoms with Crippen LogP contribution in [0.15, 0.2) is 48.8 Å². The van der Waals surface area contributed by atoms with Crippen molar-refractivity contribution in [3.05, 3.63) is 65.7 Å². The molecule has 1 aromatic carbocycles. The molecular formula is C15H14FNO.